The van der Waals surface area contributed by atoms with Gasteiger partial charge in [0.2, 0.25) is 5.95 Å². The Morgan fingerprint density at radius 1 is 1.11 bits per heavy atom. The smallest absolute Gasteiger partial charge is 0.222 e. The molecule has 1 aromatic heterocycles. The zero-order valence-electron chi connectivity index (χ0n) is 11.7. The molecular weight excluding hydrogens is 222 g/mol. The summed E-state index contributed by atoms with van der Waals surface area (Å²) < 4.78 is 0. The van der Waals surface area contributed by atoms with Gasteiger partial charge in [-0.05, 0) is 41.6 Å². The van der Waals surface area contributed by atoms with Crippen molar-refractivity contribution in [2.75, 3.05) is 5.32 Å². The number of nitrogens with one attached hydrogen (secondary N) is 1. The fraction of sp³-hybridized carbons (Fsp3) is 0.733. The first-order valence-electron chi connectivity index (χ1n) is 7.16. The third-order valence-electron chi connectivity index (χ3n) is 4.86. The molecule has 2 atom stereocenters. The molecule has 1 N–H and O–H groups in total. The van der Waals surface area contributed by atoms with Crippen LogP contribution in [-0.4, -0.2) is 16.0 Å². The van der Waals surface area contributed by atoms with Crippen LogP contribution < -0.4 is 5.32 Å². The third-order valence-corrected chi connectivity index (χ3v) is 4.86. The van der Waals surface area contributed by atoms with Gasteiger partial charge in [-0.1, -0.05) is 27.7 Å². The lowest BCUT2D eigenvalue weighted by Crippen LogP contribution is -2.68. The summed E-state index contributed by atoms with van der Waals surface area (Å²) in [5.41, 5.74) is 1.21. The maximum atomic E-state index is 4.42. The molecule has 2 bridgehead atoms. The van der Waals surface area contributed by atoms with E-state index in [0.717, 1.165) is 29.6 Å². The molecule has 3 fully saturated rings. The quantitative estimate of drug-likeness (QED) is 0.884. The Morgan fingerprint density at radius 3 is 2.17 bits per heavy atom. The third kappa shape index (κ3) is 1.72. The summed E-state index contributed by atoms with van der Waals surface area (Å²) in [6.07, 6.45) is 5.30. The van der Waals surface area contributed by atoms with Gasteiger partial charge in [0.1, 0.15) is 0 Å². The molecule has 3 aliphatic carbocycles. The molecule has 0 aromatic carbocycles. The molecular formula is C15H23N3. The van der Waals surface area contributed by atoms with Crippen LogP contribution in [0.3, 0.4) is 0 Å². The molecule has 3 heteroatoms. The van der Waals surface area contributed by atoms with Crippen molar-refractivity contribution in [3.63, 3.8) is 0 Å². The minimum absolute atomic E-state index is 0.501. The van der Waals surface area contributed by atoms with Gasteiger partial charge in [0.15, 0.2) is 0 Å². The Kier molecular flexibility index (Phi) is 2.80. The highest BCUT2D eigenvalue weighted by Crippen LogP contribution is 2.62. The van der Waals surface area contributed by atoms with Crippen molar-refractivity contribution >= 4 is 5.95 Å². The van der Waals surface area contributed by atoms with Crippen LogP contribution in [0.2, 0.25) is 0 Å². The van der Waals surface area contributed by atoms with Gasteiger partial charge in [-0.2, -0.15) is 0 Å². The van der Waals surface area contributed by atoms with Crippen molar-refractivity contribution in [3.05, 3.63) is 18.0 Å². The summed E-state index contributed by atoms with van der Waals surface area (Å²) in [5, 5.41) is 3.51. The summed E-state index contributed by atoms with van der Waals surface area (Å²) in [5.74, 6) is 4.81. The van der Waals surface area contributed by atoms with Gasteiger partial charge in [0.05, 0.1) is 0 Å². The number of hydrogen-bond donors (Lipinski definition) is 1. The van der Waals surface area contributed by atoms with E-state index in [-0.39, 0.29) is 0 Å². The van der Waals surface area contributed by atoms with Gasteiger partial charge in [-0.25, -0.2) is 9.97 Å². The Hall–Kier alpha value is -1.12. The van der Waals surface area contributed by atoms with Gasteiger partial charge in [-0.15, -0.1) is 0 Å². The normalized spacial score (nSPS) is 33.2. The molecule has 4 rings (SSSR count). The van der Waals surface area contributed by atoms with E-state index in [2.05, 4.69) is 43.0 Å². The van der Waals surface area contributed by atoms with E-state index in [0.29, 0.717) is 12.0 Å². The molecule has 98 valence electrons. The standard InChI is InChI=1S/C15H23N3/c1-8(2)10-6-16-15(17-7-10)18-14-11-5-12(14)13(11)9(3)4/h6-9,11-14H,5H2,1-4H3,(H,16,17,18). The SMILES string of the molecule is CC(C)c1cnc(NC2C3CC2C3C(C)C)nc1. The first-order chi connectivity index (χ1) is 8.58. The van der Waals surface area contributed by atoms with E-state index in [4.69, 9.17) is 0 Å². The molecule has 1 aromatic rings. The highest BCUT2D eigenvalue weighted by Gasteiger charge is 2.61. The molecule has 0 amide bonds. The maximum Gasteiger partial charge on any atom is 0.222 e. The average molecular weight is 245 g/mol. The predicted molar refractivity (Wildman–Crippen MR) is 73.5 cm³/mol. The van der Waals surface area contributed by atoms with Crippen molar-refractivity contribution in [2.24, 2.45) is 23.7 Å². The largest absolute Gasteiger partial charge is 0.351 e. The minimum atomic E-state index is 0.501. The Morgan fingerprint density at radius 2 is 1.72 bits per heavy atom. The highest BCUT2D eigenvalue weighted by molar-refractivity contribution is 5.33. The van der Waals surface area contributed by atoms with Crippen LogP contribution in [-0.2, 0) is 0 Å². The van der Waals surface area contributed by atoms with Gasteiger partial charge < -0.3 is 5.32 Å². The van der Waals surface area contributed by atoms with Gasteiger partial charge in [0, 0.05) is 18.4 Å². The molecule has 3 aliphatic rings. The van der Waals surface area contributed by atoms with E-state index in [1.807, 2.05) is 12.4 Å². The second-order valence-corrected chi connectivity index (χ2v) is 6.55. The van der Waals surface area contributed by atoms with Crippen LogP contribution >= 0.6 is 0 Å². The van der Waals surface area contributed by atoms with Crippen LogP contribution in [0.15, 0.2) is 12.4 Å². The topological polar surface area (TPSA) is 37.8 Å². The van der Waals surface area contributed by atoms with Crippen molar-refractivity contribution in [2.45, 2.75) is 46.1 Å². The summed E-state index contributed by atoms with van der Waals surface area (Å²) in [6.45, 7) is 9.02. The first kappa shape index (κ1) is 11.9. The Bertz CT molecular complexity index is 414. The van der Waals surface area contributed by atoms with Crippen molar-refractivity contribution in [3.8, 4) is 0 Å². The van der Waals surface area contributed by atoms with Gasteiger partial charge in [-0.3, -0.25) is 0 Å². The second-order valence-electron chi connectivity index (χ2n) is 6.55. The number of hydrogen-bond acceptors (Lipinski definition) is 3. The number of nitrogens with zero attached hydrogens (tertiary/aromatic N) is 2. The molecule has 0 radical (unpaired) electrons. The van der Waals surface area contributed by atoms with E-state index in [9.17, 15) is 0 Å². The van der Waals surface area contributed by atoms with E-state index in [1.54, 1.807) is 0 Å². The number of anilines is 1. The lowest BCUT2D eigenvalue weighted by molar-refractivity contribution is -0.124. The van der Waals surface area contributed by atoms with Crippen LogP contribution in [0.5, 0.6) is 0 Å². The monoisotopic (exact) mass is 245 g/mol. The molecule has 0 spiro atoms. The summed E-state index contributed by atoms with van der Waals surface area (Å²) in [4.78, 5) is 8.85. The fourth-order valence-corrected chi connectivity index (χ4v) is 3.56. The van der Waals surface area contributed by atoms with Crippen molar-refractivity contribution in [1.29, 1.82) is 0 Å². The lowest BCUT2D eigenvalue weighted by atomic mass is 9.42. The van der Waals surface area contributed by atoms with Crippen LogP contribution in [0.25, 0.3) is 0 Å². The molecule has 2 unspecified atom stereocenters. The molecule has 3 saturated carbocycles. The van der Waals surface area contributed by atoms with Gasteiger partial charge >= 0.3 is 0 Å². The van der Waals surface area contributed by atoms with E-state index >= 15 is 0 Å². The average Bonchev–Trinajstić information content (AvgIpc) is 2.23. The minimum Gasteiger partial charge on any atom is -0.351 e. The van der Waals surface area contributed by atoms with Crippen LogP contribution in [0.4, 0.5) is 5.95 Å². The maximum absolute atomic E-state index is 4.42. The summed E-state index contributed by atoms with van der Waals surface area (Å²) >= 11 is 0. The van der Waals surface area contributed by atoms with Crippen molar-refractivity contribution in [1.82, 2.24) is 9.97 Å². The Labute approximate surface area is 109 Å². The van der Waals surface area contributed by atoms with E-state index < -0.39 is 0 Å². The molecule has 0 saturated heterocycles. The first-order valence-corrected chi connectivity index (χ1v) is 7.16. The second kappa shape index (κ2) is 4.22. The zero-order valence-corrected chi connectivity index (χ0v) is 11.7. The Balaban J connectivity index is 1.59. The lowest BCUT2D eigenvalue weighted by Gasteiger charge is -2.66. The summed E-state index contributed by atoms with van der Waals surface area (Å²) in [6, 6.07) is 0.641. The fourth-order valence-electron chi connectivity index (χ4n) is 3.56. The molecule has 0 aliphatic heterocycles. The van der Waals surface area contributed by atoms with E-state index in [1.165, 1.54) is 12.0 Å². The summed E-state index contributed by atoms with van der Waals surface area (Å²) in [7, 11) is 0. The highest BCUT2D eigenvalue weighted by atomic mass is 15.1. The van der Waals surface area contributed by atoms with Crippen LogP contribution in [0, 0.1) is 23.7 Å². The molecule has 3 nitrogen and oxygen atoms in total. The molecule has 18 heavy (non-hydrogen) atoms. The number of rotatable bonds is 4. The number of aromatic nitrogens is 2. The van der Waals surface area contributed by atoms with Crippen LogP contribution in [0.1, 0.15) is 45.6 Å². The predicted octanol–water partition coefficient (Wildman–Crippen LogP) is 3.30. The van der Waals surface area contributed by atoms with Crippen molar-refractivity contribution < 1.29 is 0 Å². The van der Waals surface area contributed by atoms with Gasteiger partial charge in [0.25, 0.3) is 0 Å². The zero-order chi connectivity index (χ0) is 12.9. The molecule has 1 heterocycles.